The van der Waals surface area contributed by atoms with Crippen LogP contribution in [0.15, 0.2) is 11.4 Å². The van der Waals surface area contributed by atoms with Gasteiger partial charge in [0.1, 0.15) is 6.10 Å². The van der Waals surface area contributed by atoms with E-state index in [9.17, 15) is 9.90 Å². The SMILES string of the molecule is CCOC(=O)C(C(C)C)C(O)c1sccc1C. The molecular weight excluding hydrogens is 236 g/mol. The molecule has 4 heteroatoms. The predicted molar refractivity (Wildman–Crippen MR) is 69.0 cm³/mol. The molecule has 1 aromatic heterocycles. The van der Waals surface area contributed by atoms with Gasteiger partial charge in [-0.25, -0.2) is 0 Å². The van der Waals surface area contributed by atoms with Gasteiger partial charge in [0.15, 0.2) is 0 Å². The summed E-state index contributed by atoms with van der Waals surface area (Å²) in [5, 5.41) is 12.3. The van der Waals surface area contributed by atoms with E-state index < -0.39 is 12.0 Å². The molecule has 2 unspecified atom stereocenters. The Labute approximate surface area is 106 Å². The van der Waals surface area contributed by atoms with Crippen molar-refractivity contribution >= 4 is 17.3 Å². The fourth-order valence-electron chi connectivity index (χ4n) is 1.85. The molecule has 0 aliphatic carbocycles. The lowest BCUT2D eigenvalue weighted by atomic mass is 9.88. The molecule has 1 heterocycles. The van der Waals surface area contributed by atoms with Crippen LogP contribution in [-0.4, -0.2) is 17.7 Å². The van der Waals surface area contributed by atoms with Crippen LogP contribution in [0.3, 0.4) is 0 Å². The summed E-state index contributed by atoms with van der Waals surface area (Å²) >= 11 is 1.48. The van der Waals surface area contributed by atoms with Gasteiger partial charge in [0.05, 0.1) is 12.5 Å². The molecule has 0 aromatic carbocycles. The molecule has 1 aromatic rings. The fourth-order valence-corrected chi connectivity index (χ4v) is 2.81. The number of thiophene rings is 1. The maximum Gasteiger partial charge on any atom is 0.312 e. The summed E-state index contributed by atoms with van der Waals surface area (Å²) in [7, 11) is 0. The van der Waals surface area contributed by atoms with E-state index in [1.165, 1.54) is 11.3 Å². The third-order valence-corrected chi connectivity index (χ3v) is 3.88. The lowest BCUT2D eigenvalue weighted by Crippen LogP contribution is -2.29. The fraction of sp³-hybridized carbons (Fsp3) is 0.615. The molecule has 1 N–H and O–H groups in total. The number of hydrogen-bond donors (Lipinski definition) is 1. The van der Waals surface area contributed by atoms with Crippen molar-refractivity contribution in [2.45, 2.75) is 33.8 Å². The topological polar surface area (TPSA) is 46.5 Å². The van der Waals surface area contributed by atoms with Gasteiger partial charge >= 0.3 is 5.97 Å². The molecule has 0 radical (unpaired) electrons. The first-order valence-electron chi connectivity index (χ1n) is 5.87. The van der Waals surface area contributed by atoms with Crippen molar-refractivity contribution in [3.05, 3.63) is 21.9 Å². The van der Waals surface area contributed by atoms with E-state index in [0.717, 1.165) is 10.4 Å². The van der Waals surface area contributed by atoms with Crippen LogP contribution in [0, 0.1) is 18.8 Å². The van der Waals surface area contributed by atoms with E-state index in [2.05, 4.69) is 0 Å². The van der Waals surface area contributed by atoms with Gasteiger partial charge < -0.3 is 9.84 Å². The molecule has 2 atom stereocenters. The zero-order chi connectivity index (χ0) is 13.0. The van der Waals surface area contributed by atoms with Gasteiger partial charge in [-0.2, -0.15) is 0 Å². The maximum absolute atomic E-state index is 11.9. The highest BCUT2D eigenvalue weighted by Gasteiger charge is 2.33. The normalized spacial score (nSPS) is 14.7. The molecule has 0 aliphatic rings. The van der Waals surface area contributed by atoms with Crippen molar-refractivity contribution in [2.24, 2.45) is 11.8 Å². The molecule has 0 saturated carbocycles. The van der Waals surface area contributed by atoms with E-state index in [1.807, 2.05) is 32.2 Å². The van der Waals surface area contributed by atoms with Crippen LogP contribution in [0.25, 0.3) is 0 Å². The van der Waals surface area contributed by atoms with E-state index in [-0.39, 0.29) is 11.9 Å². The summed E-state index contributed by atoms with van der Waals surface area (Å²) in [6.07, 6.45) is -0.769. The summed E-state index contributed by atoms with van der Waals surface area (Å²) in [5.74, 6) is -0.763. The number of aliphatic hydroxyl groups excluding tert-OH is 1. The highest BCUT2D eigenvalue weighted by atomic mass is 32.1. The Hall–Kier alpha value is -0.870. The van der Waals surface area contributed by atoms with Crippen LogP contribution in [0.5, 0.6) is 0 Å². The number of esters is 1. The van der Waals surface area contributed by atoms with Crippen molar-refractivity contribution in [2.75, 3.05) is 6.61 Å². The summed E-state index contributed by atoms with van der Waals surface area (Å²) in [5.41, 5.74) is 1.03. The van der Waals surface area contributed by atoms with E-state index in [1.54, 1.807) is 6.92 Å². The first-order valence-corrected chi connectivity index (χ1v) is 6.75. The standard InChI is InChI=1S/C13H20O3S/c1-5-16-13(15)10(8(2)3)11(14)12-9(4)6-7-17-12/h6-8,10-11,14H,5H2,1-4H3. The summed E-state index contributed by atoms with van der Waals surface area (Å²) in [4.78, 5) is 12.7. The van der Waals surface area contributed by atoms with Crippen LogP contribution in [0.2, 0.25) is 0 Å². The smallest absolute Gasteiger partial charge is 0.312 e. The van der Waals surface area contributed by atoms with E-state index >= 15 is 0 Å². The first kappa shape index (κ1) is 14.2. The van der Waals surface area contributed by atoms with Crippen LogP contribution >= 0.6 is 11.3 Å². The van der Waals surface area contributed by atoms with E-state index in [0.29, 0.717) is 6.61 Å². The van der Waals surface area contributed by atoms with Gasteiger partial charge in [0.25, 0.3) is 0 Å². The second-order valence-corrected chi connectivity index (χ2v) is 5.38. The maximum atomic E-state index is 11.9. The second-order valence-electron chi connectivity index (χ2n) is 4.43. The lowest BCUT2D eigenvalue weighted by molar-refractivity contribution is -0.154. The number of aliphatic hydroxyl groups is 1. The number of hydrogen-bond acceptors (Lipinski definition) is 4. The third kappa shape index (κ3) is 3.30. The Morgan fingerprint density at radius 3 is 2.59 bits per heavy atom. The molecular formula is C13H20O3S. The van der Waals surface area contributed by atoms with Crippen molar-refractivity contribution in [3.8, 4) is 0 Å². The van der Waals surface area contributed by atoms with E-state index in [4.69, 9.17) is 4.74 Å². The molecule has 0 fully saturated rings. The summed E-state index contributed by atoms with van der Waals surface area (Å²) in [6, 6.07) is 1.95. The Morgan fingerprint density at radius 1 is 1.53 bits per heavy atom. The number of rotatable bonds is 5. The predicted octanol–water partition coefficient (Wildman–Crippen LogP) is 2.93. The number of carbonyl (C=O) groups excluding carboxylic acids is 1. The zero-order valence-corrected chi connectivity index (χ0v) is 11.6. The Morgan fingerprint density at radius 2 is 2.18 bits per heavy atom. The number of aryl methyl sites for hydroxylation is 1. The first-order chi connectivity index (χ1) is 7.99. The number of ether oxygens (including phenoxy) is 1. The average Bonchev–Trinajstić information content (AvgIpc) is 2.64. The largest absolute Gasteiger partial charge is 0.466 e. The third-order valence-electron chi connectivity index (χ3n) is 2.79. The van der Waals surface area contributed by atoms with Crippen LogP contribution in [-0.2, 0) is 9.53 Å². The molecule has 1 rings (SSSR count). The van der Waals surface area contributed by atoms with Crippen molar-refractivity contribution < 1.29 is 14.6 Å². The Balaban J connectivity index is 2.92. The van der Waals surface area contributed by atoms with Gasteiger partial charge in [0, 0.05) is 4.88 Å². The van der Waals surface area contributed by atoms with Crippen molar-refractivity contribution in [1.82, 2.24) is 0 Å². The molecule has 0 amide bonds. The van der Waals surface area contributed by atoms with Gasteiger partial charge in [-0.3, -0.25) is 4.79 Å². The summed E-state index contributed by atoms with van der Waals surface area (Å²) in [6.45, 7) is 7.91. The van der Waals surface area contributed by atoms with Crippen LogP contribution in [0.4, 0.5) is 0 Å². The molecule has 17 heavy (non-hydrogen) atoms. The lowest BCUT2D eigenvalue weighted by Gasteiger charge is -2.24. The quantitative estimate of drug-likeness (QED) is 0.824. The van der Waals surface area contributed by atoms with Crippen molar-refractivity contribution in [3.63, 3.8) is 0 Å². The number of carbonyl (C=O) groups is 1. The Bertz CT molecular complexity index is 370. The van der Waals surface area contributed by atoms with Crippen molar-refractivity contribution in [1.29, 1.82) is 0 Å². The zero-order valence-electron chi connectivity index (χ0n) is 10.8. The minimum absolute atomic E-state index is 0.0468. The van der Waals surface area contributed by atoms with Gasteiger partial charge in [-0.05, 0) is 36.8 Å². The summed E-state index contributed by atoms with van der Waals surface area (Å²) < 4.78 is 5.03. The van der Waals surface area contributed by atoms with Gasteiger partial charge in [-0.1, -0.05) is 13.8 Å². The average molecular weight is 256 g/mol. The van der Waals surface area contributed by atoms with Crippen LogP contribution < -0.4 is 0 Å². The molecule has 0 saturated heterocycles. The van der Waals surface area contributed by atoms with Crippen LogP contribution in [0.1, 0.15) is 37.3 Å². The molecule has 0 spiro atoms. The van der Waals surface area contributed by atoms with Gasteiger partial charge in [0.2, 0.25) is 0 Å². The molecule has 96 valence electrons. The highest BCUT2D eigenvalue weighted by molar-refractivity contribution is 7.10. The highest BCUT2D eigenvalue weighted by Crippen LogP contribution is 2.34. The minimum atomic E-state index is -0.769. The molecule has 3 nitrogen and oxygen atoms in total. The van der Waals surface area contributed by atoms with Gasteiger partial charge in [-0.15, -0.1) is 11.3 Å². The molecule has 0 bridgehead atoms. The monoisotopic (exact) mass is 256 g/mol. The Kier molecular flexibility index (Phi) is 5.15. The second kappa shape index (κ2) is 6.17. The minimum Gasteiger partial charge on any atom is -0.466 e. The molecule has 0 aliphatic heterocycles.